The molecular formula is C28H44N2O2S. The van der Waals surface area contributed by atoms with Crippen LogP contribution in [0.25, 0.3) is 0 Å². The van der Waals surface area contributed by atoms with Crippen molar-refractivity contribution in [3.05, 3.63) is 16.6 Å². The lowest BCUT2D eigenvalue weighted by Crippen LogP contribution is -2.54. The van der Waals surface area contributed by atoms with Crippen LogP contribution in [0.5, 0.6) is 0 Å². The van der Waals surface area contributed by atoms with Gasteiger partial charge in [0, 0.05) is 25.2 Å². The van der Waals surface area contributed by atoms with E-state index in [0.29, 0.717) is 21.8 Å². The molecule has 9 atom stereocenters. The summed E-state index contributed by atoms with van der Waals surface area (Å²) in [5.41, 5.74) is 0.932. The fraction of sp³-hybridized carbons (Fsp3) is 0.857. The predicted molar refractivity (Wildman–Crippen MR) is 134 cm³/mol. The minimum atomic E-state index is -0.0502. The zero-order chi connectivity index (χ0) is 23.4. The van der Waals surface area contributed by atoms with E-state index in [1.165, 1.54) is 56.3 Å². The standard InChI is InChI=1S/C28H44N2O2S/c1-18(11-15-30(4)26(32)25-29-14-16-33-25)22-7-8-23-21-6-5-19-17-20(31)9-12-27(19,2)24(21)10-13-28(22,23)3/h14,16,18-24,31H,5-13,15,17H2,1-4H3/t18-,19+,20+,21+,22-,23+,24+,27+,28-/m1/s1. The van der Waals surface area contributed by atoms with Crippen molar-refractivity contribution in [1.82, 2.24) is 9.88 Å². The maximum Gasteiger partial charge on any atom is 0.282 e. The number of rotatable bonds is 5. The van der Waals surface area contributed by atoms with Gasteiger partial charge in [0.05, 0.1) is 6.10 Å². The summed E-state index contributed by atoms with van der Waals surface area (Å²) in [6.07, 6.45) is 14.3. The van der Waals surface area contributed by atoms with Gasteiger partial charge in [-0.3, -0.25) is 4.79 Å². The molecule has 0 radical (unpaired) electrons. The SMILES string of the molecule is C[C@H](CCN(C)C(=O)c1nccs1)[C@H]1CC[C@H]2[C@@H]3CC[C@H]4C[C@@H](O)CC[C@]4(C)[C@H]3CC[C@]12C. The summed E-state index contributed by atoms with van der Waals surface area (Å²) in [7, 11) is 1.93. The average molecular weight is 473 g/mol. The molecule has 0 saturated heterocycles. The van der Waals surface area contributed by atoms with Crippen LogP contribution >= 0.6 is 11.3 Å². The Hall–Kier alpha value is -0.940. The highest BCUT2D eigenvalue weighted by Crippen LogP contribution is 2.68. The van der Waals surface area contributed by atoms with E-state index >= 15 is 0 Å². The molecule has 33 heavy (non-hydrogen) atoms. The molecule has 4 fully saturated rings. The number of hydrogen-bond donors (Lipinski definition) is 1. The van der Waals surface area contributed by atoms with Gasteiger partial charge < -0.3 is 10.0 Å². The number of aliphatic hydroxyl groups is 1. The second kappa shape index (κ2) is 8.93. The number of thiazole rings is 1. The second-order valence-electron chi connectivity index (χ2n) is 12.6. The van der Waals surface area contributed by atoms with E-state index in [-0.39, 0.29) is 12.0 Å². The minimum Gasteiger partial charge on any atom is -0.393 e. The maximum absolute atomic E-state index is 12.6. The van der Waals surface area contributed by atoms with Crippen molar-refractivity contribution in [1.29, 1.82) is 0 Å². The first-order valence-corrected chi connectivity index (χ1v) is 14.4. The number of nitrogens with zero attached hydrogens (tertiary/aromatic N) is 2. The van der Waals surface area contributed by atoms with Crippen LogP contribution in [-0.4, -0.2) is 40.6 Å². The van der Waals surface area contributed by atoms with Crippen molar-refractivity contribution in [3.8, 4) is 0 Å². The molecule has 4 aliphatic rings. The Balaban J connectivity index is 1.24. The largest absolute Gasteiger partial charge is 0.393 e. The van der Waals surface area contributed by atoms with Crippen molar-refractivity contribution >= 4 is 17.2 Å². The van der Waals surface area contributed by atoms with E-state index in [0.717, 1.165) is 55.4 Å². The van der Waals surface area contributed by atoms with Crippen LogP contribution < -0.4 is 0 Å². The van der Waals surface area contributed by atoms with Crippen LogP contribution in [-0.2, 0) is 0 Å². The Kier molecular flexibility index (Phi) is 6.44. The van der Waals surface area contributed by atoms with Gasteiger partial charge in [0.25, 0.3) is 5.91 Å². The van der Waals surface area contributed by atoms with Gasteiger partial charge in [-0.25, -0.2) is 4.98 Å². The van der Waals surface area contributed by atoms with Gasteiger partial charge in [0.15, 0.2) is 5.01 Å². The summed E-state index contributed by atoms with van der Waals surface area (Å²) in [6, 6.07) is 0. The molecular weight excluding hydrogens is 428 g/mol. The Morgan fingerprint density at radius 3 is 2.67 bits per heavy atom. The van der Waals surface area contributed by atoms with Gasteiger partial charge in [0.2, 0.25) is 0 Å². The normalized spacial score (nSPS) is 43.3. The monoisotopic (exact) mass is 472 g/mol. The summed E-state index contributed by atoms with van der Waals surface area (Å²) < 4.78 is 0. The lowest BCUT2D eigenvalue weighted by atomic mass is 9.44. The average Bonchev–Trinajstić information content (AvgIpc) is 3.45. The highest BCUT2D eigenvalue weighted by Gasteiger charge is 2.60. The van der Waals surface area contributed by atoms with Crippen molar-refractivity contribution in [2.24, 2.45) is 46.3 Å². The van der Waals surface area contributed by atoms with E-state index < -0.39 is 0 Å². The number of amides is 1. The number of aromatic nitrogens is 1. The molecule has 1 N–H and O–H groups in total. The van der Waals surface area contributed by atoms with Crippen LogP contribution in [0.4, 0.5) is 0 Å². The van der Waals surface area contributed by atoms with Gasteiger partial charge in [-0.15, -0.1) is 11.3 Å². The number of hydrogen-bond acceptors (Lipinski definition) is 4. The van der Waals surface area contributed by atoms with Crippen molar-refractivity contribution in [3.63, 3.8) is 0 Å². The molecule has 1 amide bonds. The maximum atomic E-state index is 12.6. The minimum absolute atomic E-state index is 0.0502. The van der Waals surface area contributed by atoms with Gasteiger partial charge >= 0.3 is 0 Å². The summed E-state index contributed by atoms with van der Waals surface area (Å²) in [4.78, 5) is 18.7. The van der Waals surface area contributed by atoms with Gasteiger partial charge in [-0.2, -0.15) is 0 Å². The first-order chi connectivity index (χ1) is 15.7. The molecule has 4 aliphatic carbocycles. The van der Waals surface area contributed by atoms with E-state index in [1.807, 2.05) is 17.3 Å². The third-order valence-corrected chi connectivity index (χ3v) is 12.0. The van der Waals surface area contributed by atoms with Crippen LogP contribution in [0, 0.1) is 46.3 Å². The third kappa shape index (κ3) is 3.99. The molecule has 0 spiro atoms. The predicted octanol–water partition coefficient (Wildman–Crippen LogP) is 6.26. The Bertz CT molecular complexity index is 843. The zero-order valence-electron chi connectivity index (χ0n) is 21.1. The Morgan fingerprint density at radius 2 is 1.91 bits per heavy atom. The molecule has 4 saturated carbocycles. The smallest absolute Gasteiger partial charge is 0.282 e. The van der Waals surface area contributed by atoms with Gasteiger partial charge in [-0.05, 0) is 111 Å². The van der Waals surface area contributed by atoms with Crippen molar-refractivity contribution in [2.45, 2.75) is 91.1 Å². The molecule has 0 aromatic carbocycles. The van der Waals surface area contributed by atoms with Crippen molar-refractivity contribution < 1.29 is 9.90 Å². The van der Waals surface area contributed by atoms with E-state index in [4.69, 9.17) is 0 Å². The molecule has 4 nitrogen and oxygen atoms in total. The summed E-state index contributed by atoms with van der Waals surface area (Å²) in [5.74, 6) is 4.89. The van der Waals surface area contributed by atoms with Crippen LogP contribution in [0.1, 0.15) is 94.8 Å². The van der Waals surface area contributed by atoms with E-state index in [2.05, 4.69) is 25.8 Å². The highest BCUT2D eigenvalue weighted by molar-refractivity contribution is 7.11. The number of aliphatic hydroxyl groups excluding tert-OH is 1. The van der Waals surface area contributed by atoms with E-state index in [9.17, 15) is 9.90 Å². The number of carbonyl (C=O) groups excluding carboxylic acids is 1. The summed E-state index contributed by atoms with van der Waals surface area (Å²) in [5, 5.41) is 12.8. The zero-order valence-corrected chi connectivity index (χ0v) is 21.9. The third-order valence-electron chi connectivity index (χ3n) is 11.3. The highest BCUT2D eigenvalue weighted by atomic mass is 32.1. The van der Waals surface area contributed by atoms with Crippen LogP contribution in [0.2, 0.25) is 0 Å². The lowest BCUT2D eigenvalue weighted by Gasteiger charge is -2.61. The molecule has 0 unspecified atom stereocenters. The quantitative estimate of drug-likeness (QED) is 0.550. The fourth-order valence-electron chi connectivity index (χ4n) is 9.40. The molecule has 1 aromatic rings. The topological polar surface area (TPSA) is 53.4 Å². The Labute approximate surface area is 204 Å². The summed E-state index contributed by atoms with van der Waals surface area (Å²) in [6.45, 7) is 8.50. The molecule has 0 bridgehead atoms. The molecule has 0 aliphatic heterocycles. The first-order valence-electron chi connectivity index (χ1n) is 13.6. The van der Waals surface area contributed by atoms with Crippen molar-refractivity contribution in [2.75, 3.05) is 13.6 Å². The first kappa shape index (κ1) is 23.8. The summed E-state index contributed by atoms with van der Waals surface area (Å²) >= 11 is 1.44. The molecule has 1 heterocycles. The second-order valence-corrected chi connectivity index (χ2v) is 13.5. The van der Waals surface area contributed by atoms with Crippen LogP contribution in [0.3, 0.4) is 0 Å². The fourth-order valence-corrected chi connectivity index (χ4v) is 10.0. The van der Waals surface area contributed by atoms with Gasteiger partial charge in [-0.1, -0.05) is 20.8 Å². The lowest BCUT2D eigenvalue weighted by molar-refractivity contribution is -0.129. The number of fused-ring (bicyclic) bond motifs is 5. The molecule has 1 aromatic heterocycles. The molecule has 5 heteroatoms. The number of carbonyl (C=O) groups is 1. The molecule has 184 valence electrons. The molecule has 5 rings (SSSR count). The Morgan fingerprint density at radius 1 is 1.15 bits per heavy atom. The van der Waals surface area contributed by atoms with Crippen LogP contribution in [0.15, 0.2) is 11.6 Å². The van der Waals surface area contributed by atoms with Gasteiger partial charge in [0.1, 0.15) is 0 Å². The van der Waals surface area contributed by atoms with E-state index in [1.54, 1.807) is 6.20 Å².